The number of nitrogens with zero attached hydrogens (tertiary/aromatic N) is 1. The number of hydrogen-bond acceptors (Lipinski definition) is 4. The molecular weight excluding hydrogens is 246 g/mol. The Morgan fingerprint density at radius 3 is 2.68 bits per heavy atom. The van der Waals surface area contributed by atoms with Crippen LogP contribution in [0.1, 0.15) is 19.3 Å². The first kappa shape index (κ1) is 12.5. The molecule has 19 heavy (non-hydrogen) atoms. The predicted octanol–water partition coefficient (Wildman–Crippen LogP) is 0.340. The van der Waals surface area contributed by atoms with E-state index in [9.17, 15) is 14.4 Å². The Kier molecular flexibility index (Phi) is 2.82. The number of ketones is 2. The van der Waals surface area contributed by atoms with Crippen molar-refractivity contribution < 1.29 is 19.1 Å². The molecule has 1 heterocycles. The van der Waals surface area contributed by atoms with Gasteiger partial charge in [0, 0.05) is 25.9 Å². The van der Waals surface area contributed by atoms with E-state index in [0.29, 0.717) is 44.7 Å². The zero-order chi connectivity index (χ0) is 13.6. The van der Waals surface area contributed by atoms with Crippen LogP contribution in [0, 0.1) is 11.3 Å². The molecule has 3 rings (SSSR count). The molecule has 1 amide bonds. The van der Waals surface area contributed by atoms with E-state index in [1.54, 1.807) is 4.90 Å². The minimum absolute atomic E-state index is 0.00450. The van der Waals surface area contributed by atoms with Gasteiger partial charge in [-0.2, -0.15) is 0 Å². The normalized spacial score (nSPS) is 34.8. The molecule has 0 aromatic rings. The minimum Gasteiger partial charge on any atom is -0.378 e. The van der Waals surface area contributed by atoms with Crippen molar-refractivity contribution >= 4 is 17.5 Å². The second kappa shape index (κ2) is 4.27. The quantitative estimate of drug-likeness (QED) is 0.505. The second-order valence-corrected chi connectivity index (χ2v) is 5.66. The standard InChI is InChI=1S/C14H17NO4/c1-9-10-6-11(16)8-14(7-10,12(9)17)13(18)15-2-4-19-5-3-15/h10H,1-8H2. The lowest BCUT2D eigenvalue weighted by molar-refractivity contribution is -0.154. The van der Waals surface area contributed by atoms with Crippen LogP contribution in [-0.4, -0.2) is 48.7 Å². The van der Waals surface area contributed by atoms with Crippen molar-refractivity contribution in [3.05, 3.63) is 12.2 Å². The number of morpholine rings is 1. The second-order valence-electron chi connectivity index (χ2n) is 5.66. The van der Waals surface area contributed by atoms with Crippen LogP contribution in [0.15, 0.2) is 12.2 Å². The van der Waals surface area contributed by atoms with E-state index in [0.717, 1.165) is 0 Å². The average Bonchev–Trinajstić information content (AvgIpc) is 2.61. The smallest absolute Gasteiger partial charge is 0.237 e. The summed E-state index contributed by atoms with van der Waals surface area (Å²) in [4.78, 5) is 38.6. The van der Waals surface area contributed by atoms with Crippen molar-refractivity contribution in [3.8, 4) is 0 Å². The van der Waals surface area contributed by atoms with Gasteiger partial charge in [-0.1, -0.05) is 6.58 Å². The molecule has 5 nitrogen and oxygen atoms in total. The summed E-state index contributed by atoms with van der Waals surface area (Å²) in [6.07, 6.45) is 0.882. The molecule has 0 radical (unpaired) electrons. The zero-order valence-electron chi connectivity index (χ0n) is 10.8. The van der Waals surface area contributed by atoms with E-state index in [1.807, 2.05) is 0 Å². The van der Waals surface area contributed by atoms with Gasteiger partial charge < -0.3 is 9.64 Å². The third kappa shape index (κ3) is 1.75. The van der Waals surface area contributed by atoms with Gasteiger partial charge in [0.15, 0.2) is 5.78 Å². The Morgan fingerprint density at radius 1 is 1.32 bits per heavy atom. The van der Waals surface area contributed by atoms with Crippen LogP contribution in [0.4, 0.5) is 0 Å². The Bertz CT molecular complexity index is 478. The molecule has 2 atom stereocenters. The maximum Gasteiger partial charge on any atom is 0.237 e. The molecule has 102 valence electrons. The molecule has 0 spiro atoms. The van der Waals surface area contributed by atoms with E-state index in [2.05, 4.69) is 6.58 Å². The SMILES string of the molecule is C=C1C(=O)C2(C(=O)N3CCOCC3)CC(=O)CC1C2. The van der Waals surface area contributed by atoms with E-state index < -0.39 is 5.41 Å². The number of hydrogen-bond donors (Lipinski definition) is 0. The first-order valence-corrected chi connectivity index (χ1v) is 6.67. The van der Waals surface area contributed by atoms with Crippen molar-refractivity contribution in [1.82, 2.24) is 4.90 Å². The highest BCUT2D eigenvalue weighted by Gasteiger charge is 2.59. The summed E-state index contributed by atoms with van der Waals surface area (Å²) in [5.74, 6) is -0.527. The van der Waals surface area contributed by atoms with E-state index in [4.69, 9.17) is 4.74 Å². The van der Waals surface area contributed by atoms with Crippen LogP contribution >= 0.6 is 0 Å². The van der Waals surface area contributed by atoms with Gasteiger partial charge in [-0.25, -0.2) is 0 Å². The monoisotopic (exact) mass is 263 g/mol. The minimum atomic E-state index is -1.14. The number of allylic oxidation sites excluding steroid dienone is 1. The van der Waals surface area contributed by atoms with E-state index >= 15 is 0 Å². The summed E-state index contributed by atoms with van der Waals surface area (Å²) in [5, 5.41) is 0. The summed E-state index contributed by atoms with van der Waals surface area (Å²) in [5.41, 5.74) is -0.679. The molecule has 2 bridgehead atoms. The van der Waals surface area contributed by atoms with Crippen LogP contribution in [-0.2, 0) is 19.1 Å². The van der Waals surface area contributed by atoms with Gasteiger partial charge in [-0.15, -0.1) is 0 Å². The lowest BCUT2D eigenvalue weighted by atomic mass is 9.73. The molecule has 1 aliphatic heterocycles. The molecule has 3 fully saturated rings. The lowest BCUT2D eigenvalue weighted by Gasteiger charge is -2.36. The summed E-state index contributed by atoms with van der Waals surface area (Å²) in [6.45, 7) is 5.77. The Hall–Kier alpha value is -1.49. The van der Waals surface area contributed by atoms with Gasteiger partial charge in [0.05, 0.1) is 13.2 Å². The van der Waals surface area contributed by atoms with Gasteiger partial charge in [0.2, 0.25) is 5.91 Å². The zero-order valence-corrected chi connectivity index (χ0v) is 10.8. The molecule has 0 aromatic carbocycles. The van der Waals surface area contributed by atoms with Crippen LogP contribution in [0.3, 0.4) is 0 Å². The van der Waals surface area contributed by atoms with Gasteiger partial charge in [-0.3, -0.25) is 14.4 Å². The summed E-state index contributed by atoms with van der Waals surface area (Å²) in [6, 6.07) is 0. The lowest BCUT2D eigenvalue weighted by Crippen LogP contribution is -2.52. The van der Waals surface area contributed by atoms with Crippen molar-refractivity contribution in [2.24, 2.45) is 11.3 Å². The van der Waals surface area contributed by atoms with E-state index in [-0.39, 0.29) is 29.8 Å². The van der Waals surface area contributed by atoms with Crippen molar-refractivity contribution in [1.29, 1.82) is 0 Å². The molecule has 2 aliphatic carbocycles. The maximum absolute atomic E-state index is 12.7. The third-order valence-corrected chi connectivity index (χ3v) is 4.49. The topological polar surface area (TPSA) is 63.7 Å². The largest absolute Gasteiger partial charge is 0.378 e. The predicted molar refractivity (Wildman–Crippen MR) is 66.3 cm³/mol. The molecule has 0 N–H and O–H groups in total. The van der Waals surface area contributed by atoms with Crippen molar-refractivity contribution in [3.63, 3.8) is 0 Å². The number of amides is 1. The fourth-order valence-electron chi connectivity index (χ4n) is 3.49. The number of rotatable bonds is 1. The Morgan fingerprint density at radius 2 is 2.00 bits per heavy atom. The van der Waals surface area contributed by atoms with Gasteiger partial charge >= 0.3 is 0 Å². The highest BCUT2D eigenvalue weighted by Crippen LogP contribution is 2.50. The van der Waals surface area contributed by atoms with Gasteiger partial charge in [0.25, 0.3) is 0 Å². The molecule has 5 heteroatoms. The molecule has 2 saturated carbocycles. The number of ether oxygens (including phenoxy) is 1. The Balaban J connectivity index is 1.92. The molecule has 1 saturated heterocycles. The first-order valence-electron chi connectivity index (χ1n) is 6.67. The highest BCUT2D eigenvalue weighted by atomic mass is 16.5. The average molecular weight is 263 g/mol. The number of carbonyl (C=O) groups excluding carboxylic acids is 3. The maximum atomic E-state index is 12.7. The third-order valence-electron chi connectivity index (χ3n) is 4.49. The number of fused-ring (bicyclic) bond motifs is 2. The van der Waals surface area contributed by atoms with Crippen LogP contribution in [0.5, 0.6) is 0 Å². The van der Waals surface area contributed by atoms with Gasteiger partial charge in [0.1, 0.15) is 11.2 Å². The summed E-state index contributed by atoms with van der Waals surface area (Å²) >= 11 is 0. The molecule has 0 aromatic heterocycles. The number of carbonyl (C=O) groups is 3. The van der Waals surface area contributed by atoms with Crippen molar-refractivity contribution in [2.45, 2.75) is 19.3 Å². The first-order chi connectivity index (χ1) is 9.04. The summed E-state index contributed by atoms with van der Waals surface area (Å²) in [7, 11) is 0. The highest BCUT2D eigenvalue weighted by molar-refractivity contribution is 6.19. The fraction of sp³-hybridized carbons (Fsp3) is 0.643. The van der Waals surface area contributed by atoms with Crippen LogP contribution < -0.4 is 0 Å². The summed E-state index contributed by atoms with van der Waals surface area (Å²) < 4.78 is 5.22. The van der Waals surface area contributed by atoms with Crippen LogP contribution in [0.25, 0.3) is 0 Å². The van der Waals surface area contributed by atoms with Gasteiger partial charge in [-0.05, 0) is 17.9 Å². The Labute approximate surface area is 111 Å². The molecule has 2 unspecified atom stereocenters. The molecule has 3 aliphatic rings. The van der Waals surface area contributed by atoms with E-state index in [1.165, 1.54) is 0 Å². The van der Waals surface area contributed by atoms with Crippen molar-refractivity contribution in [2.75, 3.05) is 26.3 Å². The number of Topliss-reactive ketones (excluding diaryl/α,β-unsaturated/α-hetero) is 2. The fourth-order valence-corrected chi connectivity index (χ4v) is 3.49. The van der Waals surface area contributed by atoms with Crippen LogP contribution in [0.2, 0.25) is 0 Å². The molecular formula is C14H17NO4.